The Kier molecular flexibility index (Phi) is 4.37. The minimum Gasteiger partial charge on any atom is -0.329 e. The van der Waals surface area contributed by atoms with E-state index >= 15 is 0 Å². The van der Waals surface area contributed by atoms with Gasteiger partial charge in [-0.15, -0.1) is 0 Å². The van der Waals surface area contributed by atoms with Crippen LogP contribution in [0.2, 0.25) is 0 Å². The van der Waals surface area contributed by atoms with Gasteiger partial charge in [0, 0.05) is 18.6 Å². The van der Waals surface area contributed by atoms with Crippen LogP contribution in [-0.4, -0.2) is 37.6 Å². The lowest BCUT2D eigenvalue weighted by molar-refractivity contribution is 0.120. The molecule has 1 rings (SSSR count). The van der Waals surface area contributed by atoms with Gasteiger partial charge in [0.2, 0.25) is 10.0 Å². The zero-order valence-electron chi connectivity index (χ0n) is 10.6. The second kappa shape index (κ2) is 5.02. The number of hydrogen-bond acceptors (Lipinski definition) is 3. The fourth-order valence-electron chi connectivity index (χ4n) is 2.78. The van der Waals surface area contributed by atoms with E-state index in [1.807, 2.05) is 6.92 Å². The summed E-state index contributed by atoms with van der Waals surface area (Å²) < 4.78 is 25.2. The minimum absolute atomic E-state index is 0.325. The third-order valence-electron chi connectivity index (χ3n) is 3.80. The second-order valence-corrected chi connectivity index (χ2v) is 6.95. The van der Waals surface area contributed by atoms with E-state index in [0.29, 0.717) is 19.0 Å². The van der Waals surface area contributed by atoms with E-state index in [1.165, 1.54) is 6.26 Å². The van der Waals surface area contributed by atoms with Crippen LogP contribution in [0.4, 0.5) is 0 Å². The van der Waals surface area contributed by atoms with Crippen molar-refractivity contribution in [3.8, 4) is 0 Å². The van der Waals surface area contributed by atoms with Gasteiger partial charge in [0.15, 0.2) is 0 Å². The van der Waals surface area contributed by atoms with Gasteiger partial charge in [-0.25, -0.2) is 8.42 Å². The van der Waals surface area contributed by atoms with Crippen molar-refractivity contribution < 1.29 is 8.42 Å². The molecule has 0 amide bonds. The fourth-order valence-corrected chi connectivity index (χ4v) is 4.21. The predicted molar refractivity (Wildman–Crippen MR) is 66.6 cm³/mol. The van der Waals surface area contributed by atoms with Gasteiger partial charge in [-0.3, -0.25) is 0 Å². The molecule has 0 aliphatic heterocycles. The Morgan fingerprint density at radius 3 is 2.19 bits per heavy atom. The highest BCUT2D eigenvalue weighted by Crippen LogP contribution is 2.36. The van der Waals surface area contributed by atoms with E-state index in [-0.39, 0.29) is 5.54 Å². The van der Waals surface area contributed by atoms with Crippen LogP contribution >= 0.6 is 0 Å². The van der Waals surface area contributed by atoms with E-state index in [1.54, 1.807) is 4.31 Å². The number of nitrogens with zero attached hydrogens (tertiary/aromatic N) is 1. The van der Waals surface area contributed by atoms with Gasteiger partial charge < -0.3 is 5.73 Å². The van der Waals surface area contributed by atoms with Gasteiger partial charge in [-0.05, 0) is 31.6 Å². The summed E-state index contributed by atoms with van der Waals surface area (Å²) in [5.74, 6) is 0.693. The molecule has 5 heteroatoms. The fraction of sp³-hybridized carbons (Fsp3) is 1.00. The van der Waals surface area contributed by atoms with E-state index in [4.69, 9.17) is 5.73 Å². The topological polar surface area (TPSA) is 63.4 Å². The first-order valence-electron chi connectivity index (χ1n) is 6.03. The van der Waals surface area contributed by atoms with Gasteiger partial charge in [-0.2, -0.15) is 4.31 Å². The van der Waals surface area contributed by atoms with Crippen LogP contribution in [0.1, 0.15) is 39.5 Å². The number of rotatable bonds is 4. The van der Waals surface area contributed by atoms with E-state index in [2.05, 4.69) is 6.92 Å². The summed E-state index contributed by atoms with van der Waals surface area (Å²) in [6.45, 7) is 5.05. The van der Waals surface area contributed by atoms with Gasteiger partial charge in [-0.1, -0.05) is 13.8 Å². The molecule has 1 aliphatic rings. The van der Waals surface area contributed by atoms with Crippen LogP contribution in [0.3, 0.4) is 0 Å². The van der Waals surface area contributed by atoms with Crippen molar-refractivity contribution in [2.24, 2.45) is 11.7 Å². The van der Waals surface area contributed by atoms with Crippen molar-refractivity contribution in [2.45, 2.75) is 45.1 Å². The smallest absolute Gasteiger partial charge is 0.211 e. The second-order valence-electron chi connectivity index (χ2n) is 5.04. The van der Waals surface area contributed by atoms with Crippen LogP contribution in [0, 0.1) is 5.92 Å². The maximum atomic E-state index is 11.8. The molecule has 96 valence electrons. The Morgan fingerprint density at radius 1 is 1.38 bits per heavy atom. The largest absolute Gasteiger partial charge is 0.329 e. The van der Waals surface area contributed by atoms with Crippen molar-refractivity contribution in [3.63, 3.8) is 0 Å². The van der Waals surface area contributed by atoms with E-state index in [0.717, 1.165) is 25.7 Å². The van der Waals surface area contributed by atoms with Gasteiger partial charge in [0.1, 0.15) is 0 Å². The molecule has 0 aromatic heterocycles. The quantitative estimate of drug-likeness (QED) is 0.812. The summed E-state index contributed by atoms with van der Waals surface area (Å²) in [7, 11) is -3.15. The average Bonchev–Trinajstić information content (AvgIpc) is 2.20. The molecular formula is C11H24N2O2S. The molecule has 1 aliphatic carbocycles. The third kappa shape index (κ3) is 2.76. The highest BCUT2D eigenvalue weighted by molar-refractivity contribution is 7.88. The molecular weight excluding hydrogens is 224 g/mol. The number of nitrogens with two attached hydrogens (primary N) is 1. The molecule has 0 unspecified atom stereocenters. The molecule has 16 heavy (non-hydrogen) atoms. The normalized spacial score (nSPS) is 31.9. The maximum Gasteiger partial charge on any atom is 0.211 e. The molecule has 0 bridgehead atoms. The lowest BCUT2D eigenvalue weighted by Gasteiger charge is -2.45. The first-order valence-corrected chi connectivity index (χ1v) is 7.88. The van der Waals surface area contributed by atoms with Crippen LogP contribution < -0.4 is 5.73 Å². The molecule has 1 saturated carbocycles. The van der Waals surface area contributed by atoms with Crippen molar-refractivity contribution >= 4 is 10.0 Å². The van der Waals surface area contributed by atoms with E-state index < -0.39 is 10.0 Å². The molecule has 0 saturated heterocycles. The minimum atomic E-state index is -3.15. The van der Waals surface area contributed by atoms with Gasteiger partial charge in [0.25, 0.3) is 0 Å². The first kappa shape index (κ1) is 13.9. The molecule has 4 nitrogen and oxygen atoms in total. The number of sulfonamides is 1. The summed E-state index contributed by atoms with van der Waals surface area (Å²) in [4.78, 5) is 0. The lowest BCUT2D eigenvalue weighted by Crippen LogP contribution is -2.57. The Balaban J connectivity index is 2.95. The van der Waals surface area contributed by atoms with Crippen LogP contribution in [-0.2, 0) is 10.0 Å². The van der Waals surface area contributed by atoms with Gasteiger partial charge >= 0.3 is 0 Å². The highest BCUT2D eigenvalue weighted by atomic mass is 32.2. The Labute approximate surface area is 99.2 Å². The van der Waals surface area contributed by atoms with Crippen LogP contribution in [0.5, 0.6) is 0 Å². The monoisotopic (exact) mass is 248 g/mol. The summed E-state index contributed by atoms with van der Waals surface area (Å²) in [5.41, 5.74) is 5.53. The van der Waals surface area contributed by atoms with E-state index in [9.17, 15) is 8.42 Å². The Hall–Kier alpha value is -0.130. The Morgan fingerprint density at radius 2 is 1.88 bits per heavy atom. The molecule has 2 N–H and O–H groups in total. The summed E-state index contributed by atoms with van der Waals surface area (Å²) in [6.07, 6.45) is 5.22. The van der Waals surface area contributed by atoms with Crippen molar-refractivity contribution in [2.75, 3.05) is 19.3 Å². The zero-order chi connectivity index (χ0) is 12.4. The molecule has 1 fully saturated rings. The Bertz CT molecular complexity index is 319. The molecule has 0 spiro atoms. The SMILES string of the molecule is CCN(C1(CN)CCC(C)CC1)S(C)(=O)=O. The van der Waals surface area contributed by atoms with Crippen LogP contribution in [0.15, 0.2) is 0 Å². The number of hydrogen-bond donors (Lipinski definition) is 1. The van der Waals surface area contributed by atoms with Gasteiger partial charge in [0.05, 0.1) is 6.26 Å². The standard InChI is InChI=1S/C11H24N2O2S/c1-4-13(16(3,14)15)11(9-12)7-5-10(2)6-8-11/h10H,4-9,12H2,1-3H3. The summed E-state index contributed by atoms with van der Waals surface area (Å²) in [5, 5.41) is 0. The first-order chi connectivity index (χ1) is 7.35. The average molecular weight is 248 g/mol. The molecule has 0 radical (unpaired) electrons. The molecule has 0 atom stereocenters. The lowest BCUT2D eigenvalue weighted by atomic mass is 9.77. The summed E-state index contributed by atoms with van der Waals surface area (Å²) >= 11 is 0. The third-order valence-corrected chi connectivity index (χ3v) is 5.25. The highest BCUT2D eigenvalue weighted by Gasteiger charge is 2.41. The molecule has 0 aromatic rings. The number of likely N-dealkylation sites (N-methyl/N-ethyl adjacent to an activating group) is 1. The van der Waals surface area contributed by atoms with Crippen molar-refractivity contribution in [1.82, 2.24) is 4.31 Å². The van der Waals surface area contributed by atoms with Crippen molar-refractivity contribution in [3.05, 3.63) is 0 Å². The maximum absolute atomic E-state index is 11.8. The molecule has 0 aromatic carbocycles. The zero-order valence-corrected chi connectivity index (χ0v) is 11.4. The van der Waals surface area contributed by atoms with Crippen molar-refractivity contribution in [1.29, 1.82) is 0 Å². The summed E-state index contributed by atoms with van der Waals surface area (Å²) in [6, 6.07) is 0. The molecule has 0 heterocycles. The predicted octanol–water partition coefficient (Wildman–Crippen LogP) is 1.18. The van der Waals surface area contributed by atoms with Crippen LogP contribution in [0.25, 0.3) is 0 Å².